The smallest absolute Gasteiger partial charge is 0.425 e. The molecule has 0 unspecified atom stereocenters. The number of benzene rings is 1. The molecule has 1 aromatic rings. The summed E-state index contributed by atoms with van der Waals surface area (Å²) in [6.07, 6.45) is -1.08. The summed E-state index contributed by atoms with van der Waals surface area (Å²) in [6.45, 7) is 14.7. The summed E-state index contributed by atoms with van der Waals surface area (Å²) in [7, 11) is 0. The molecule has 180 valence electrons. The van der Waals surface area contributed by atoms with Gasteiger partial charge in [0.05, 0.1) is 0 Å². The number of ether oxygens (including phenoxy) is 2. The number of halogens is 2. The number of carbonyl (C=O) groups excluding carboxylic acids is 3. The summed E-state index contributed by atoms with van der Waals surface area (Å²) in [6, 6.07) is 5.02. The lowest BCUT2D eigenvalue weighted by atomic mass is 10.2. The minimum Gasteiger partial charge on any atom is -0.443 e. The zero-order valence-electron chi connectivity index (χ0n) is 19.8. The van der Waals surface area contributed by atoms with Crippen LogP contribution in [0.1, 0.15) is 48.5 Å². The highest BCUT2D eigenvalue weighted by Crippen LogP contribution is 2.19. The fraction of sp³-hybridized carbons (Fsp3) is 0.391. The number of aliphatic imine (C=N–C) groups is 1. The molecule has 0 aliphatic heterocycles. The topological polar surface area (TPSA) is 97.3 Å². The normalized spacial score (nSPS) is 12.9. The van der Waals surface area contributed by atoms with E-state index in [9.17, 15) is 18.8 Å². The molecule has 0 fully saturated rings. The Morgan fingerprint density at radius 1 is 1.03 bits per heavy atom. The summed E-state index contributed by atoms with van der Waals surface area (Å²) in [5.74, 6) is -1.58. The maximum atomic E-state index is 13.1. The van der Waals surface area contributed by atoms with Crippen molar-refractivity contribution in [3.05, 3.63) is 53.5 Å². The van der Waals surface area contributed by atoms with Crippen molar-refractivity contribution in [2.45, 2.75) is 59.7 Å². The molecule has 0 bridgehead atoms. The van der Waals surface area contributed by atoms with Crippen LogP contribution in [0.4, 0.5) is 19.7 Å². The Bertz CT molecular complexity index is 941. The Morgan fingerprint density at radius 3 is 1.85 bits per heavy atom. The van der Waals surface area contributed by atoms with Crippen molar-refractivity contribution in [2.75, 3.05) is 5.32 Å². The molecular weight excluding hydrogens is 453 g/mol. The van der Waals surface area contributed by atoms with E-state index in [2.05, 4.69) is 16.9 Å². The lowest BCUT2D eigenvalue weighted by Gasteiger charge is -2.28. The molecule has 10 heteroatoms. The molecule has 33 heavy (non-hydrogen) atoms. The van der Waals surface area contributed by atoms with E-state index in [4.69, 9.17) is 21.1 Å². The Labute approximate surface area is 198 Å². The van der Waals surface area contributed by atoms with E-state index in [1.807, 2.05) is 0 Å². The summed E-state index contributed by atoms with van der Waals surface area (Å²) in [5.41, 5.74) is -1.91. The van der Waals surface area contributed by atoms with E-state index < -0.39 is 35.1 Å². The fourth-order valence-corrected chi connectivity index (χ4v) is 2.31. The van der Waals surface area contributed by atoms with Crippen molar-refractivity contribution >= 4 is 41.2 Å². The first kappa shape index (κ1) is 27.8. The van der Waals surface area contributed by atoms with Gasteiger partial charge in [-0.05, 0) is 78.8 Å². The van der Waals surface area contributed by atoms with Crippen molar-refractivity contribution < 1.29 is 28.2 Å². The minimum absolute atomic E-state index is 0.0395. The second-order valence-corrected chi connectivity index (χ2v) is 9.38. The number of nitrogens with one attached hydrogen (secondary N) is 1. The molecule has 0 radical (unpaired) electrons. The average Bonchev–Trinajstić information content (AvgIpc) is 2.63. The van der Waals surface area contributed by atoms with E-state index in [1.165, 1.54) is 19.1 Å². The van der Waals surface area contributed by atoms with Crippen LogP contribution in [0.25, 0.3) is 0 Å². The second kappa shape index (κ2) is 11.1. The van der Waals surface area contributed by atoms with Gasteiger partial charge in [-0.3, -0.25) is 4.79 Å². The summed E-state index contributed by atoms with van der Waals surface area (Å²) in [5, 5.41) is 2.47. The number of hydrogen-bond donors (Lipinski definition) is 1. The number of anilines is 1. The van der Waals surface area contributed by atoms with Gasteiger partial charge in [0.25, 0.3) is 5.91 Å². The third-order valence-electron chi connectivity index (χ3n) is 3.43. The number of hydrogen-bond acceptors (Lipinski definition) is 6. The third-order valence-corrected chi connectivity index (χ3v) is 3.61. The molecule has 1 aromatic carbocycles. The lowest BCUT2D eigenvalue weighted by molar-refractivity contribution is -0.112. The maximum absolute atomic E-state index is 13.1. The number of imide groups is 1. The van der Waals surface area contributed by atoms with Gasteiger partial charge in [0.2, 0.25) is 0 Å². The van der Waals surface area contributed by atoms with E-state index in [0.29, 0.717) is 4.90 Å². The van der Waals surface area contributed by atoms with Crippen LogP contribution < -0.4 is 5.32 Å². The van der Waals surface area contributed by atoms with Crippen LogP contribution in [0.15, 0.2) is 52.6 Å². The number of amidine groups is 1. The highest BCUT2D eigenvalue weighted by molar-refractivity contribution is 6.32. The van der Waals surface area contributed by atoms with E-state index in [1.54, 1.807) is 41.5 Å². The molecule has 0 spiro atoms. The second-order valence-electron chi connectivity index (χ2n) is 8.81. The third kappa shape index (κ3) is 9.44. The first-order chi connectivity index (χ1) is 15.0. The van der Waals surface area contributed by atoms with Crippen LogP contribution in [0.2, 0.25) is 0 Å². The monoisotopic (exact) mass is 481 g/mol. The number of allylic oxidation sites excluding steroid dienone is 1. The number of carbonyl (C=O) groups is 3. The quantitative estimate of drug-likeness (QED) is 0.323. The molecule has 0 heterocycles. The van der Waals surface area contributed by atoms with Gasteiger partial charge in [-0.1, -0.05) is 18.2 Å². The standard InChI is InChI=1S/C23H29ClFN3O5/c1-9-17(28(20(30)32-22(3,4)5)21(31)33-23(6,7)8)27-18(14(2)24)19(29)26-16-12-10-15(25)11-13-16/h9-13H,1H2,2-8H3,(H,26,29)/b18-14+,27-17?. The largest absolute Gasteiger partial charge is 0.443 e. The molecule has 1 rings (SSSR count). The highest BCUT2D eigenvalue weighted by atomic mass is 35.5. The van der Waals surface area contributed by atoms with Crippen molar-refractivity contribution in [3.8, 4) is 0 Å². The molecule has 0 aromatic heterocycles. The van der Waals surface area contributed by atoms with Gasteiger partial charge in [-0.25, -0.2) is 19.0 Å². The first-order valence-electron chi connectivity index (χ1n) is 9.94. The van der Waals surface area contributed by atoms with Gasteiger partial charge in [0.1, 0.15) is 28.6 Å². The molecule has 0 atom stereocenters. The van der Waals surface area contributed by atoms with Crippen LogP contribution in [-0.2, 0) is 14.3 Å². The minimum atomic E-state index is -1.08. The SMILES string of the molecule is C=CC(=N/C(C(=O)Nc1ccc(F)cc1)=C(\C)Cl)N(C(=O)OC(C)(C)C)C(=O)OC(C)(C)C. The molecule has 3 amide bonds. The van der Waals surface area contributed by atoms with Crippen molar-refractivity contribution in [3.63, 3.8) is 0 Å². The molecule has 0 aliphatic rings. The van der Waals surface area contributed by atoms with Crippen LogP contribution in [-0.4, -0.2) is 40.0 Å². The van der Waals surface area contributed by atoms with Gasteiger partial charge in [0, 0.05) is 10.7 Å². The van der Waals surface area contributed by atoms with Crippen LogP contribution in [0.3, 0.4) is 0 Å². The van der Waals surface area contributed by atoms with Crippen molar-refractivity contribution in [1.82, 2.24) is 4.90 Å². The van der Waals surface area contributed by atoms with Crippen LogP contribution in [0.5, 0.6) is 0 Å². The van der Waals surface area contributed by atoms with Gasteiger partial charge in [-0.15, -0.1) is 0 Å². The Kier molecular flexibility index (Phi) is 9.35. The predicted octanol–water partition coefficient (Wildman–Crippen LogP) is 5.99. The zero-order valence-corrected chi connectivity index (χ0v) is 20.5. The Hall–Kier alpha value is -3.20. The van der Waals surface area contributed by atoms with E-state index in [0.717, 1.165) is 18.2 Å². The highest BCUT2D eigenvalue weighted by Gasteiger charge is 2.34. The summed E-state index contributed by atoms with van der Waals surface area (Å²) in [4.78, 5) is 43.0. The van der Waals surface area contributed by atoms with Crippen LogP contribution >= 0.6 is 11.6 Å². The van der Waals surface area contributed by atoms with E-state index >= 15 is 0 Å². The lowest BCUT2D eigenvalue weighted by Crippen LogP contribution is -2.46. The van der Waals surface area contributed by atoms with Gasteiger partial charge in [-0.2, -0.15) is 4.90 Å². The van der Waals surface area contributed by atoms with Crippen molar-refractivity contribution in [1.29, 1.82) is 0 Å². The van der Waals surface area contributed by atoms with E-state index in [-0.39, 0.29) is 22.3 Å². The molecule has 0 aliphatic carbocycles. The molecule has 1 N–H and O–H groups in total. The van der Waals surface area contributed by atoms with Gasteiger partial charge < -0.3 is 14.8 Å². The number of rotatable bonds is 4. The maximum Gasteiger partial charge on any atom is 0.425 e. The molecule has 8 nitrogen and oxygen atoms in total. The molecule has 0 saturated heterocycles. The summed E-state index contributed by atoms with van der Waals surface area (Å²) < 4.78 is 23.7. The predicted molar refractivity (Wildman–Crippen MR) is 126 cm³/mol. The van der Waals surface area contributed by atoms with Gasteiger partial charge in [0.15, 0.2) is 0 Å². The van der Waals surface area contributed by atoms with Crippen molar-refractivity contribution in [2.24, 2.45) is 4.99 Å². The number of nitrogens with zero attached hydrogens (tertiary/aromatic N) is 2. The first-order valence-corrected chi connectivity index (χ1v) is 10.3. The Balaban J connectivity index is 3.43. The fourth-order valence-electron chi connectivity index (χ4n) is 2.19. The van der Waals surface area contributed by atoms with Crippen LogP contribution in [0, 0.1) is 5.82 Å². The summed E-state index contributed by atoms with van der Waals surface area (Å²) >= 11 is 6.07. The van der Waals surface area contributed by atoms with Gasteiger partial charge >= 0.3 is 12.2 Å². The zero-order chi connectivity index (χ0) is 25.6. The number of amides is 3. The molecular formula is C23H29ClFN3O5. The average molecular weight is 482 g/mol. The molecule has 0 saturated carbocycles. The Morgan fingerprint density at radius 2 is 1.48 bits per heavy atom.